The summed E-state index contributed by atoms with van der Waals surface area (Å²) in [7, 11) is 0. The lowest BCUT2D eigenvalue weighted by atomic mass is 9.95. The van der Waals surface area contributed by atoms with Gasteiger partial charge in [-0.05, 0) is 30.4 Å². The van der Waals surface area contributed by atoms with Crippen molar-refractivity contribution < 1.29 is 9.84 Å². The Morgan fingerprint density at radius 1 is 0.958 bits per heavy atom. The number of hydrogen-bond donors (Lipinski definition) is 2. The van der Waals surface area contributed by atoms with Crippen LogP contribution in [0.1, 0.15) is 43.9 Å². The van der Waals surface area contributed by atoms with Crippen LogP contribution in [0.25, 0.3) is 0 Å². The Bertz CT molecular complexity index is 589. The zero-order chi connectivity index (χ0) is 16.7. The Morgan fingerprint density at radius 3 is 2.25 bits per heavy atom. The van der Waals surface area contributed by atoms with E-state index in [0.717, 1.165) is 23.3 Å². The first-order chi connectivity index (χ1) is 11.1. The summed E-state index contributed by atoms with van der Waals surface area (Å²) in [4.78, 5) is 0. The quantitative estimate of drug-likeness (QED) is 0.738. The van der Waals surface area contributed by atoms with E-state index in [-0.39, 0.29) is 12.4 Å². The SMILES string of the molecule is CC(C)CC[C@@H](O)[C@@H](N)c1ccccc1OCc1ccccc1.Cl. The van der Waals surface area contributed by atoms with Crippen LogP contribution in [-0.2, 0) is 6.61 Å². The molecule has 0 aromatic heterocycles. The molecule has 0 aliphatic carbocycles. The maximum atomic E-state index is 10.3. The van der Waals surface area contributed by atoms with Gasteiger partial charge in [-0.2, -0.15) is 0 Å². The first-order valence-corrected chi connectivity index (χ1v) is 8.27. The maximum Gasteiger partial charge on any atom is 0.124 e. The molecule has 0 heterocycles. The van der Waals surface area contributed by atoms with Crippen LogP contribution in [0.15, 0.2) is 54.6 Å². The number of para-hydroxylation sites is 1. The largest absolute Gasteiger partial charge is 0.489 e. The number of halogens is 1. The van der Waals surface area contributed by atoms with Crippen LogP contribution in [0, 0.1) is 5.92 Å². The number of aliphatic hydroxyl groups is 1. The molecule has 3 N–H and O–H groups in total. The van der Waals surface area contributed by atoms with Gasteiger partial charge in [0.1, 0.15) is 12.4 Å². The van der Waals surface area contributed by atoms with Crippen LogP contribution in [0.4, 0.5) is 0 Å². The zero-order valence-electron chi connectivity index (χ0n) is 14.4. The van der Waals surface area contributed by atoms with Gasteiger partial charge in [0.15, 0.2) is 0 Å². The fraction of sp³-hybridized carbons (Fsp3) is 0.400. The molecule has 2 rings (SSSR count). The topological polar surface area (TPSA) is 55.5 Å². The van der Waals surface area contributed by atoms with Gasteiger partial charge in [-0.15, -0.1) is 12.4 Å². The Hall–Kier alpha value is -1.55. The fourth-order valence-electron chi connectivity index (χ4n) is 2.51. The molecular weight excluding hydrogens is 322 g/mol. The van der Waals surface area contributed by atoms with Crippen LogP contribution in [0.3, 0.4) is 0 Å². The van der Waals surface area contributed by atoms with Gasteiger partial charge in [-0.25, -0.2) is 0 Å². The molecule has 0 radical (unpaired) electrons. The summed E-state index contributed by atoms with van der Waals surface area (Å²) in [5.41, 5.74) is 8.23. The summed E-state index contributed by atoms with van der Waals surface area (Å²) in [6.45, 7) is 4.79. The first kappa shape index (κ1) is 20.5. The summed E-state index contributed by atoms with van der Waals surface area (Å²) < 4.78 is 5.93. The van der Waals surface area contributed by atoms with E-state index < -0.39 is 12.1 Å². The number of hydrogen-bond acceptors (Lipinski definition) is 3. The predicted molar refractivity (Wildman–Crippen MR) is 101 cm³/mol. The molecule has 0 aliphatic heterocycles. The van der Waals surface area contributed by atoms with E-state index >= 15 is 0 Å². The molecular formula is C20H28ClNO2. The van der Waals surface area contributed by atoms with E-state index in [1.165, 1.54) is 0 Å². The van der Waals surface area contributed by atoms with Crippen LogP contribution in [0.2, 0.25) is 0 Å². The lowest BCUT2D eigenvalue weighted by Crippen LogP contribution is -2.27. The second-order valence-corrected chi connectivity index (χ2v) is 6.38. The van der Waals surface area contributed by atoms with E-state index in [1.54, 1.807) is 0 Å². The van der Waals surface area contributed by atoms with Gasteiger partial charge in [-0.3, -0.25) is 0 Å². The van der Waals surface area contributed by atoms with Gasteiger partial charge in [0.25, 0.3) is 0 Å². The van der Waals surface area contributed by atoms with Gasteiger partial charge in [0, 0.05) is 5.56 Å². The lowest BCUT2D eigenvalue weighted by molar-refractivity contribution is 0.126. The Labute approximate surface area is 151 Å². The molecule has 0 fully saturated rings. The third-order valence-electron chi connectivity index (χ3n) is 3.97. The molecule has 132 valence electrons. The smallest absolute Gasteiger partial charge is 0.124 e. The highest BCUT2D eigenvalue weighted by Crippen LogP contribution is 2.28. The lowest BCUT2D eigenvalue weighted by Gasteiger charge is -2.22. The molecule has 2 atom stereocenters. The molecule has 0 amide bonds. The van der Waals surface area contributed by atoms with Crippen LogP contribution in [-0.4, -0.2) is 11.2 Å². The molecule has 3 nitrogen and oxygen atoms in total. The fourth-order valence-corrected chi connectivity index (χ4v) is 2.51. The van der Waals surface area contributed by atoms with Crippen molar-refractivity contribution in [2.45, 2.75) is 45.4 Å². The minimum atomic E-state index is -0.557. The first-order valence-electron chi connectivity index (χ1n) is 8.27. The highest BCUT2D eigenvalue weighted by molar-refractivity contribution is 5.85. The molecule has 0 aliphatic rings. The molecule has 0 spiro atoms. The van der Waals surface area contributed by atoms with Gasteiger partial charge in [0.2, 0.25) is 0 Å². The highest BCUT2D eigenvalue weighted by Gasteiger charge is 2.20. The van der Waals surface area contributed by atoms with Crippen LogP contribution in [0.5, 0.6) is 5.75 Å². The molecule has 24 heavy (non-hydrogen) atoms. The van der Waals surface area contributed by atoms with Crippen molar-refractivity contribution in [3.63, 3.8) is 0 Å². The number of ether oxygens (including phenoxy) is 1. The van der Waals surface area contributed by atoms with Crippen LogP contribution < -0.4 is 10.5 Å². The molecule has 0 saturated carbocycles. The van der Waals surface area contributed by atoms with Gasteiger partial charge in [-0.1, -0.05) is 62.4 Å². The summed E-state index contributed by atoms with van der Waals surface area (Å²) in [5.74, 6) is 1.30. The van der Waals surface area contributed by atoms with Crippen molar-refractivity contribution in [3.05, 3.63) is 65.7 Å². The number of nitrogens with two attached hydrogens (primary N) is 1. The van der Waals surface area contributed by atoms with Crippen molar-refractivity contribution in [3.8, 4) is 5.75 Å². The summed E-state index contributed by atoms with van der Waals surface area (Å²) in [6.07, 6.45) is 1.10. The average molecular weight is 350 g/mol. The molecule has 0 bridgehead atoms. The Balaban J connectivity index is 0.00000288. The number of rotatable bonds is 8. The third-order valence-corrected chi connectivity index (χ3v) is 3.97. The number of benzene rings is 2. The van der Waals surface area contributed by atoms with Crippen molar-refractivity contribution in [2.24, 2.45) is 11.7 Å². The van der Waals surface area contributed by atoms with E-state index in [9.17, 15) is 5.11 Å². The monoisotopic (exact) mass is 349 g/mol. The van der Waals surface area contributed by atoms with Gasteiger partial charge in [0.05, 0.1) is 12.1 Å². The van der Waals surface area contributed by atoms with E-state index in [0.29, 0.717) is 18.9 Å². The standard InChI is InChI=1S/C20H27NO2.ClH/c1-15(2)12-13-18(22)20(21)17-10-6-7-11-19(17)23-14-16-8-4-3-5-9-16;/h3-11,15,18,20,22H,12-14,21H2,1-2H3;1H/t18-,20+;/m1./s1. The average Bonchev–Trinajstić information content (AvgIpc) is 2.58. The summed E-state index contributed by atoms with van der Waals surface area (Å²) in [5, 5.41) is 10.3. The van der Waals surface area contributed by atoms with Gasteiger partial charge < -0.3 is 15.6 Å². The van der Waals surface area contributed by atoms with Crippen molar-refractivity contribution in [2.75, 3.05) is 0 Å². The Morgan fingerprint density at radius 2 is 1.58 bits per heavy atom. The van der Waals surface area contributed by atoms with E-state index in [1.807, 2.05) is 54.6 Å². The molecule has 4 heteroatoms. The normalized spacial score (nSPS) is 13.2. The summed E-state index contributed by atoms with van der Waals surface area (Å²) >= 11 is 0. The second-order valence-electron chi connectivity index (χ2n) is 6.38. The Kier molecular flexibility index (Phi) is 8.83. The van der Waals surface area contributed by atoms with Crippen molar-refractivity contribution in [1.82, 2.24) is 0 Å². The zero-order valence-corrected chi connectivity index (χ0v) is 15.2. The van der Waals surface area contributed by atoms with E-state index in [2.05, 4.69) is 13.8 Å². The second kappa shape index (κ2) is 10.3. The van der Waals surface area contributed by atoms with Crippen LogP contribution >= 0.6 is 12.4 Å². The molecule has 0 saturated heterocycles. The summed E-state index contributed by atoms with van der Waals surface area (Å²) in [6, 6.07) is 17.3. The van der Waals surface area contributed by atoms with Gasteiger partial charge >= 0.3 is 0 Å². The predicted octanol–water partition coefficient (Wildman–Crippen LogP) is 4.48. The number of aliphatic hydroxyl groups excluding tert-OH is 1. The minimum Gasteiger partial charge on any atom is -0.489 e. The van der Waals surface area contributed by atoms with Crippen molar-refractivity contribution in [1.29, 1.82) is 0 Å². The molecule has 2 aromatic rings. The third kappa shape index (κ3) is 6.16. The van der Waals surface area contributed by atoms with Crippen molar-refractivity contribution >= 4 is 12.4 Å². The minimum absolute atomic E-state index is 0. The maximum absolute atomic E-state index is 10.3. The highest BCUT2D eigenvalue weighted by atomic mass is 35.5. The van der Waals surface area contributed by atoms with E-state index in [4.69, 9.17) is 10.5 Å². The molecule has 2 aromatic carbocycles. The molecule has 0 unspecified atom stereocenters.